The van der Waals surface area contributed by atoms with E-state index in [0.717, 1.165) is 28.7 Å². The Morgan fingerprint density at radius 3 is 2.71 bits per heavy atom. The Bertz CT molecular complexity index is 348. The van der Waals surface area contributed by atoms with Crippen LogP contribution in [0.3, 0.4) is 0 Å². The van der Waals surface area contributed by atoms with E-state index in [1.54, 1.807) is 0 Å². The van der Waals surface area contributed by atoms with Gasteiger partial charge in [-0.1, -0.05) is 33.2 Å². The van der Waals surface area contributed by atoms with E-state index in [2.05, 4.69) is 21.1 Å². The molecule has 4 heteroatoms. The van der Waals surface area contributed by atoms with Crippen LogP contribution in [-0.2, 0) is 4.84 Å². The van der Waals surface area contributed by atoms with Crippen molar-refractivity contribution >= 4 is 27.3 Å². The third kappa shape index (κ3) is 1.90. The number of hydrogen-bond donors (Lipinski definition) is 1. The van der Waals surface area contributed by atoms with Crippen LogP contribution in [0.1, 0.15) is 12.0 Å². The Labute approximate surface area is 91.1 Å². The maximum Gasteiger partial charge on any atom is 0.142 e. The summed E-state index contributed by atoms with van der Waals surface area (Å²) in [7, 11) is 0. The second kappa shape index (κ2) is 4.00. The molecule has 0 saturated carbocycles. The minimum atomic E-state index is 0.169. The Morgan fingerprint density at radius 2 is 2.14 bits per heavy atom. The third-order valence-corrected chi connectivity index (χ3v) is 2.87. The molecule has 0 radical (unpaired) electrons. The first kappa shape index (κ1) is 9.52. The van der Waals surface area contributed by atoms with Crippen molar-refractivity contribution in [2.24, 2.45) is 5.16 Å². The van der Waals surface area contributed by atoms with Gasteiger partial charge in [0.2, 0.25) is 0 Å². The number of hydrogen-bond acceptors (Lipinski definition) is 3. The van der Waals surface area contributed by atoms with E-state index >= 15 is 0 Å². The molecule has 0 aliphatic carbocycles. The molecule has 74 valence electrons. The van der Waals surface area contributed by atoms with E-state index in [1.807, 2.05) is 24.3 Å². The van der Waals surface area contributed by atoms with Crippen LogP contribution in [0.15, 0.2) is 29.4 Å². The largest absolute Gasteiger partial charge is 0.399 e. The number of nitrogens with zero attached hydrogens (tertiary/aromatic N) is 1. The zero-order chi connectivity index (χ0) is 9.97. The van der Waals surface area contributed by atoms with Gasteiger partial charge in [0.05, 0.1) is 5.71 Å². The van der Waals surface area contributed by atoms with Gasteiger partial charge in [-0.25, -0.2) is 0 Å². The van der Waals surface area contributed by atoms with Gasteiger partial charge in [-0.05, 0) is 17.7 Å². The van der Waals surface area contributed by atoms with E-state index in [1.165, 1.54) is 0 Å². The van der Waals surface area contributed by atoms with Crippen LogP contribution in [0.25, 0.3) is 0 Å². The zero-order valence-electron chi connectivity index (χ0n) is 7.61. The molecule has 1 atom stereocenters. The maximum atomic E-state index is 5.60. The number of rotatable bonds is 2. The zero-order valence-corrected chi connectivity index (χ0v) is 9.20. The van der Waals surface area contributed by atoms with Crippen molar-refractivity contribution in [3.05, 3.63) is 29.8 Å². The average molecular weight is 255 g/mol. The third-order valence-electron chi connectivity index (χ3n) is 2.15. The van der Waals surface area contributed by atoms with E-state index in [9.17, 15) is 0 Å². The van der Waals surface area contributed by atoms with E-state index in [0.29, 0.717) is 0 Å². The molecule has 1 aliphatic rings. The lowest BCUT2D eigenvalue weighted by Gasteiger charge is -2.01. The van der Waals surface area contributed by atoms with Crippen LogP contribution in [0.4, 0.5) is 5.69 Å². The number of benzene rings is 1. The standard InChI is InChI=1S/C10H11BrN2O/c11-6-9-5-10(13-14-9)7-1-3-8(12)4-2-7/h1-4,9H,5-6,12H2. The van der Waals surface area contributed by atoms with Crippen molar-refractivity contribution in [3.8, 4) is 0 Å². The van der Waals surface area contributed by atoms with Gasteiger partial charge in [-0.2, -0.15) is 0 Å². The Kier molecular flexibility index (Phi) is 2.72. The normalized spacial score (nSPS) is 20.4. The summed E-state index contributed by atoms with van der Waals surface area (Å²) in [6.07, 6.45) is 1.03. The van der Waals surface area contributed by atoms with Crippen LogP contribution in [-0.4, -0.2) is 17.1 Å². The minimum absolute atomic E-state index is 0.169. The number of halogens is 1. The number of nitrogen functional groups attached to an aromatic ring is 1. The molecule has 0 fully saturated rings. The van der Waals surface area contributed by atoms with Crippen molar-refractivity contribution in [2.45, 2.75) is 12.5 Å². The van der Waals surface area contributed by atoms with Gasteiger partial charge in [0.25, 0.3) is 0 Å². The molecule has 0 amide bonds. The van der Waals surface area contributed by atoms with Gasteiger partial charge in [-0.3, -0.25) is 0 Å². The highest BCUT2D eigenvalue weighted by molar-refractivity contribution is 9.09. The molecule has 2 rings (SSSR count). The SMILES string of the molecule is Nc1ccc(C2=NOC(CBr)C2)cc1. The molecule has 1 heterocycles. The molecular weight excluding hydrogens is 244 g/mol. The van der Waals surface area contributed by atoms with E-state index in [-0.39, 0.29) is 6.10 Å². The molecule has 3 nitrogen and oxygen atoms in total. The summed E-state index contributed by atoms with van der Waals surface area (Å²) in [4.78, 5) is 5.21. The Balaban J connectivity index is 2.13. The molecule has 1 unspecified atom stereocenters. The van der Waals surface area contributed by atoms with Crippen LogP contribution in [0.2, 0.25) is 0 Å². The lowest BCUT2D eigenvalue weighted by Crippen LogP contribution is -2.09. The summed E-state index contributed by atoms with van der Waals surface area (Å²) in [6.45, 7) is 0. The first-order valence-electron chi connectivity index (χ1n) is 4.44. The predicted molar refractivity (Wildman–Crippen MR) is 60.7 cm³/mol. The number of nitrogens with two attached hydrogens (primary N) is 1. The molecule has 1 aliphatic heterocycles. The van der Waals surface area contributed by atoms with Crippen molar-refractivity contribution in [1.29, 1.82) is 0 Å². The lowest BCUT2D eigenvalue weighted by atomic mass is 10.1. The second-order valence-corrected chi connectivity index (χ2v) is 3.89. The first-order chi connectivity index (χ1) is 6.79. The van der Waals surface area contributed by atoms with Crippen molar-refractivity contribution in [2.75, 3.05) is 11.1 Å². The number of oxime groups is 1. The van der Waals surface area contributed by atoms with E-state index in [4.69, 9.17) is 10.6 Å². The van der Waals surface area contributed by atoms with Crippen LogP contribution < -0.4 is 5.73 Å². The van der Waals surface area contributed by atoms with Gasteiger partial charge in [0.1, 0.15) is 6.10 Å². The van der Waals surface area contributed by atoms with Gasteiger partial charge in [0, 0.05) is 17.4 Å². The Hall–Kier alpha value is -1.03. The summed E-state index contributed by atoms with van der Waals surface area (Å²) >= 11 is 3.37. The highest BCUT2D eigenvalue weighted by atomic mass is 79.9. The molecule has 1 aromatic rings. The summed E-state index contributed by atoms with van der Waals surface area (Å²) in [5.74, 6) is 0. The quantitative estimate of drug-likeness (QED) is 0.650. The minimum Gasteiger partial charge on any atom is -0.399 e. The van der Waals surface area contributed by atoms with Gasteiger partial charge in [0.15, 0.2) is 0 Å². The number of anilines is 1. The summed E-state index contributed by atoms with van der Waals surface area (Å²) in [5, 5.41) is 4.85. The molecule has 14 heavy (non-hydrogen) atoms. The first-order valence-corrected chi connectivity index (χ1v) is 5.56. The highest BCUT2D eigenvalue weighted by Gasteiger charge is 2.20. The van der Waals surface area contributed by atoms with Crippen LogP contribution >= 0.6 is 15.9 Å². The molecular formula is C10H11BrN2O. The van der Waals surface area contributed by atoms with Gasteiger partial charge < -0.3 is 10.6 Å². The lowest BCUT2D eigenvalue weighted by molar-refractivity contribution is 0.104. The summed E-state index contributed by atoms with van der Waals surface area (Å²) in [5.41, 5.74) is 8.45. The summed E-state index contributed by atoms with van der Waals surface area (Å²) in [6, 6.07) is 7.68. The van der Waals surface area contributed by atoms with E-state index < -0.39 is 0 Å². The van der Waals surface area contributed by atoms with Gasteiger partial charge in [-0.15, -0.1) is 0 Å². The highest BCUT2D eigenvalue weighted by Crippen LogP contribution is 2.18. The topological polar surface area (TPSA) is 47.6 Å². The maximum absolute atomic E-state index is 5.60. The predicted octanol–water partition coefficient (Wildman–Crippen LogP) is 2.16. The van der Waals surface area contributed by atoms with Crippen molar-refractivity contribution in [1.82, 2.24) is 0 Å². The molecule has 0 spiro atoms. The molecule has 0 bridgehead atoms. The molecule has 0 aromatic heterocycles. The molecule has 0 saturated heterocycles. The fraction of sp³-hybridized carbons (Fsp3) is 0.300. The fourth-order valence-corrected chi connectivity index (χ4v) is 1.70. The average Bonchev–Trinajstić information content (AvgIpc) is 2.67. The molecule has 2 N–H and O–H groups in total. The summed E-state index contributed by atoms with van der Waals surface area (Å²) < 4.78 is 0. The number of alkyl halides is 1. The monoisotopic (exact) mass is 254 g/mol. The van der Waals surface area contributed by atoms with Crippen molar-refractivity contribution in [3.63, 3.8) is 0 Å². The smallest absolute Gasteiger partial charge is 0.142 e. The van der Waals surface area contributed by atoms with Crippen LogP contribution in [0, 0.1) is 0 Å². The fourth-order valence-electron chi connectivity index (χ4n) is 1.36. The molecule has 1 aromatic carbocycles. The Morgan fingerprint density at radius 1 is 1.43 bits per heavy atom. The van der Waals surface area contributed by atoms with Gasteiger partial charge >= 0.3 is 0 Å². The second-order valence-electron chi connectivity index (χ2n) is 3.25. The van der Waals surface area contributed by atoms with Crippen molar-refractivity contribution < 1.29 is 4.84 Å². The van der Waals surface area contributed by atoms with Crippen LogP contribution in [0.5, 0.6) is 0 Å².